The standard InChI is InChI=1S/C15H22F2N2O2/c1-10(2)18-14(20)11(3)19(4)9-12-5-7-13(8-6-12)21-15(16)17/h5-8,10-11,15H,9H2,1-4H3,(H,18,20)/p+1/t11-/m0/s1. The summed E-state index contributed by atoms with van der Waals surface area (Å²) in [4.78, 5) is 12.9. The lowest BCUT2D eigenvalue weighted by atomic mass is 10.1. The number of ether oxygens (including phenoxy) is 1. The summed E-state index contributed by atoms with van der Waals surface area (Å²) in [6, 6.07) is 6.40. The number of nitrogens with one attached hydrogen (secondary N) is 2. The monoisotopic (exact) mass is 301 g/mol. The van der Waals surface area contributed by atoms with Gasteiger partial charge in [0.15, 0.2) is 6.04 Å². The second-order valence-corrected chi connectivity index (χ2v) is 5.43. The van der Waals surface area contributed by atoms with Crippen molar-refractivity contribution in [3.05, 3.63) is 29.8 Å². The van der Waals surface area contributed by atoms with E-state index >= 15 is 0 Å². The molecule has 4 nitrogen and oxygen atoms in total. The molecule has 0 fully saturated rings. The molecule has 1 rings (SSSR count). The Morgan fingerprint density at radius 2 is 1.81 bits per heavy atom. The van der Waals surface area contributed by atoms with E-state index in [0.717, 1.165) is 10.5 Å². The summed E-state index contributed by atoms with van der Waals surface area (Å²) >= 11 is 0. The minimum absolute atomic E-state index is 0.000142. The van der Waals surface area contributed by atoms with Gasteiger partial charge in [0.2, 0.25) is 0 Å². The summed E-state index contributed by atoms with van der Waals surface area (Å²) in [7, 11) is 1.92. The van der Waals surface area contributed by atoms with Gasteiger partial charge in [0.1, 0.15) is 12.3 Å². The summed E-state index contributed by atoms with van der Waals surface area (Å²) in [6.07, 6.45) is 0. The zero-order chi connectivity index (χ0) is 16.0. The van der Waals surface area contributed by atoms with E-state index in [0.29, 0.717) is 6.54 Å². The molecule has 21 heavy (non-hydrogen) atoms. The Hall–Kier alpha value is -1.69. The van der Waals surface area contributed by atoms with Crippen LogP contribution in [0.1, 0.15) is 26.3 Å². The van der Waals surface area contributed by atoms with E-state index in [1.54, 1.807) is 12.1 Å². The Labute approximate surface area is 124 Å². The van der Waals surface area contributed by atoms with Crippen LogP contribution in [0.3, 0.4) is 0 Å². The van der Waals surface area contributed by atoms with Gasteiger partial charge in [-0.2, -0.15) is 8.78 Å². The zero-order valence-electron chi connectivity index (χ0n) is 12.8. The number of benzene rings is 1. The van der Waals surface area contributed by atoms with Crippen LogP contribution in [0.5, 0.6) is 5.75 Å². The van der Waals surface area contributed by atoms with Crippen LogP contribution in [0.15, 0.2) is 24.3 Å². The summed E-state index contributed by atoms with van der Waals surface area (Å²) in [5.74, 6) is 0.136. The van der Waals surface area contributed by atoms with Gasteiger partial charge in [-0.25, -0.2) is 0 Å². The van der Waals surface area contributed by atoms with Crippen LogP contribution < -0.4 is 15.0 Å². The highest BCUT2D eigenvalue weighted by molar-refractivity contribution is 5.80. The van der Waals surface area contributed by atoms with Gasteiger partial charge in [-0.15, -0.1) is 0 Å². The third-order valence-corrected chi connectivity index (χ3v) is 3.19. The molecule has 0 heterocycles. The molecule has 0 saturated carbocycles. The molecule has 0 aliphatic heterocycles. The molecule has 0 aromatic heterocycles. The molecule has 2 N–H and O–H groups in total. The van der Waals surface area contributed by atoms with E-state index in [4.69, 9.17) is 0 Å². The van der Waals surface area contributed by atoms with Crippen molar-refractivity contribution in [1.82, 2.24) is 5.32 Å². The SMILES string of the molecule is CC(C)NC(=O)[C@H](C)[NH+](C)Cc1ccc(OC(F)F)cc1. The zero-order valence-corrected chi connectivity index (χ0v) is 12.8. The predicted molar refractivity (Wildman–Crippen MR) is 76.4 cm³/mol. The van der Waals surface area contributed by atoms with E-state index < -0.39 is 6.61 Å². The van der Waals surface area contributed by atoms with Crippen molar-refractivity contribution in [3.8, 4) is 5.75 Å². The molecule has 6 heteroatoms. The van der Waals surface area contributed by atoms with Crippen molar-refractivity contribution >= 4 is 5.91 Å². The second kappa shape index (κ2) is 7.93. The lowest BCUT2D eigenvalue weighted by Gasteiger charge is -2.22. The Morgan fingerprint density at radius 3 is 2.29 bits per heavy atom. The highest BCUT2D eigenvalue weighted by Crippen LogP contribution is 2.14. The number of rotatable bonds is 7. The van der Waals surface area contributed by atoms with Crippen LogP contribution in [-0.4, -0.2) is 31.7 Å². The Bertz CT molecular complexity index is 449. The number of carbonyl (C=O) groups excluding carboxylic acids is 1. The van der Waals surface area contributed by atoms with Gasteiger partial charge in [-0.3, -0.25) is 4.79 Å². The van der Waals surface area contributed by atoms with Gasteiger partial charge in [0.25, 0.3) is 5.91 Å². The van der Waals surface area contributed by atoms with Crippen LogP contribution >= 0.6 is 0 Å². The fraction of sp³-hybridized carbons (Fsp3) is 0.533. The summed E-state index contributed by atoms with van der Waals surface area (Å²) in [5.41, 5.74) is 0.957. The molecule has 2 atom stereocenters. The number of quaternary nitrogens is 1. The van der Waals surface area contributed by atoms with Crippen molar-refractivity contribution in [2.45, 2.75) is 46.0 Å². The van der Waals surface area contributed by atoms with Gasteiger partial charge < -0.3 is 15.0 Å². The molecule has 1 amide bonds. The number of halogens is 2. The van der Waals surface area contributed by atoms with Crippen molar-refractivity contribution < 1.29 is 23.2 Å². The van der Waals surface area contributed by atoms with Crippen molar-refractivity contribution in [2.75, 3.05) is 7.05 Å². The molecule has 1 aromatic carbocycles. The summed E-state index contributed by atoms with van der Waals surface area (Å²) in [6.45, 7) is 3.51. The van der Waals surface area contributed by atoms with Crippen molar-refractivity contribution in [2.24, 2.45) is 0 Å². The molecule has 0 aliphatic carbocycles. The van der Waals surface area contributed by atoms with Gasteiger partial charge in [0.05, 0.1) is 7.05 Å². The molecule has 0 radical (unpaired) electrons. The van der Waals surface area contributed by atoms with E-state index in [2.05, 4.69) is 10.1 Å². The summed E-state index contributed by atoms with van der Waals surface area (Å²) in [5, 5.41) is 2.88. The van der Waals surface area contributed by atoms with Crippen molar-refractivity contribution in [1.29, 1.82) is 0 Å². The fourth-order valence-electron chi connectivity index (χ4n) is 1.90. The quantitative estimate of drug-likeness (QED) is 0.795. The van der Waals surface area contributed by atoms with Crippen LogP contribution in [0, 0.1) is 0 Å². The molecule has 0 spiro atoms. The highest BCUT2D eigenvalue weighted by atomic mass is 19.3. The summed E-state index contributed by atoms with van der Waals surface area (Å²) < 4.78 is 28.4. The minimum Gasteiger partial charge on any atom is -0.435 e. The maximum absolute atomic E-state index is 12.1. The predicted octanol–water partition coefficient (Wildman–Crippen LogP) is 1.22. The molecule has 1 aromatic rings. The molecular formula is C15H23F2N2O2+. The first kappa shape index (κ1) is 17.4. The minimum atomic E-state index is -2.82. The molecule has 1 unspecified atom stereocenters. The third-order valence-electron chi connectivity index (χ3n) is 3.19. The highest BCUT2D eigenvalue weighted by Gasteiger charge is 2.22. The topological polar surface area (TPSA) is 42.8 Å². The number of carbonyl (C=O) groups is 1. The Morgan fingerprint density at radius 1 is 1.24 bits per heavy atom. The van der Waals surface area contributed by atoms with Crippen LogP contribution in [0.4, 0.5) is 8.78 Å². The number of alkyl halides is 2. The van der Waals surface area contributed by atoms with Crippen LogP contribution in [0.2, 0.25) is 0 Å². The molecular weight excluding hydrogens is 278 g/mol. The third kappa shape index (κ3) is 6.08. The maximum atomic E-state index is 12.1. The first-order chi connectivity index (χ1) is 9.79. The largest absolute Gasteiger partial charge is 0.435 e. The Kier molecular flexibility index (Phi) is 6.55. The van der Waals surface area contributed by atoms with Gasteiger partial charge >= 0.3 is 6.61 Å². The average Bonchev–Trinajstić information content (AvgIpc) is 2.38. The average molecular weight is 301 g/mol. The normalized spacial score (nSPS) is 14.1. The van der Waals surface area contributed by atoms with E-state index in [9.17, 15) is 13.6 Å². The lowest BCUT2D eigenvalue weighted by Crippen LogP contribution is -3.12. The number of hydrogen-bond acceptors (Lipinski definition) is 2. The van der Waals surface area contributed by atoms with E-state index in [1.165, 1.54) is 12.1 Å². The molecule has 0 bridgehead atoms. The van der Waals surface area contributed by atoms with E-state index in [-0.39, 0.29) is 23.7 Å². The van der Waals surface area contributed by atoms with Gasteiger partial charge in [0, 0.05) is 11.6 Å². The number of amides is 1. The first-order valence-electron chi connectivity index (χ1n) is 6.96. The van der Waals surface area contributed by atoms with Gasteiger partial charge in [-0.05, 0) is 45.0 Å². The van der Waals surface area contributed by atoms with Crippen molar-refractivity contribution in [3.63, 3.8) is 0 Å². The van der Waals surface area contributed by atoms with Gasteiger partial charge in [-0.1, -0.05) is 0 Å². The Balaban J connectivity index is 2.57. The fourth-order valence-corrected chi connectivity index (χ4v) is 1.90. The first-order valence-corrected chi connectivity index (χ1v) is 6.96. The van der Waals surface area contributed by atoms with Crippen LogP contribution in [0.25, 0.3) is 0 Å². The maximum Gasteiger partial charge on any atom is 0.387 e. The molecule has 118 valence electrons. The molecule has 0 aliphatic rings. The lowest BCUT2D eigenvalue weighted by molar-refractivity contribution is -0.908. The number of hydrogen-bond donors (Lipinski definition) is 2. The molecule has 0 saturated heterocycles. The van der Waals surface area contributed by atoms with E-state index in [1.807, 2.05) is 27.8 Å². The van der Waals surface area contributed by atoms with Crippen LogP contribution in [-0.2, 0) is 11.3 Å². The smallest absolute Gasteiger partial charge is 0.387 e. The number of likely N-dealkylation sites (N-methyl/N-ethyl adjacent to an activating group) is 1. The second-order valence-electron chi connectivity index (χ2n) is 5.43.